The third-order valence-corrected chi connectivity index (χ3v) is 6.64. The van der Waals surface area contributed by atoms with Gasteiger partial charge >= 0.3 is 0 Å². The molecule has 0 aliphatic carbocycles. The monoisotopic (exact) mass is 481 g/mol. The number of thiophene rings is 1. The predicted octanol–water partition coefficient (Wildman–Crippen LogP) is 4.04. The lowest BCUT2D eigenvalue weighted by Crippen LogP contribution is -2.13. The number of para-hydroxylation sites is 1. The van der Waals surface area contributed by atoms with Gasteiger partial charge in [-0.05, 0) is 24.6 Å². The molecule has 3 heterocycles. The fourth-order valence-electron chi connectivity index (χ4n) is 3.87. The van der Waals surface area contributed by atoms with Crippen LogP contribution in [0.3, 0.4) is 0 Å². The average molecular weight is 482 g/mol. The van der Waals surface area contributed by atoms with E-state index in [1.165, 1.54) is 10.7 Å². The lowest BCUT2D eigenvalue weighted by Gasteiger charge is -2.10. The standard InChI is InChI=1S/C25H19N7O2S/c1-13-7-9-14(10-8-13)19-16(12-26)23(28)30-25-20(19)21(27)22(35-25)24(34)29-17-11-18(33)32(31-17)15-5-3-2-4-6-15/h2-11,31H,27H2,1H3,(H2,28,30)(H,29,34). The van der Waals surface area contributed by atoms with Crippen molar-refractivity contribution < 1.29 is 4.79 Å². The van der Waals surface area contributed by atoms with Crippen LogP contribution >= 0.6 is 11.3 Å². The molecule has 0 saturated carbocycles. The number of pyridine rings is 1. The van der Waals surface area contributed by atoms with Crippen LogP contribution in [0.4, 0.5) is 17.3 Å². The van der Waals surface area contributed by atoms with Crippen molar-refractivity contribution in [3.05, 3.63) is 87.0 Å². The van der Waals surface area contributed by atoms with Crippen LogP contribution in [0.1, 0.15) is 20.8 Å². The van der Waals surface area contributed by atoms with Crippen molar-refractivity contribution in [3.8, 4) is 22.9 Å². The predicted molar refractivity (Wildman–Crippen MR) is 138 cm³/mol. The number of carbonyl (C=O) groups excluding carboxylic acids is 1. The number of benzene rings is 2. The molecule has 0 aliphatic heterocycles. The summed E-state index contributed by atoms with van der Waals surface area (Å²) in [5.41, 5.74) is 15.5. The van der Waals surface area contributed by atoms with Crippen molar-refractivity contribution in [1.82, 2.24) is 14.8 Å². The van der Waals surface area contributed by atoms with Gasteiger partial charge in [0.1, 0.15) is 33.0 Å². The first-order chi connectivity index (χ1) is 16.9. The van der Waals surface area contributed by atoms with Crippen LogP contribution < -0.4 is 22.3 Å². The van der Waals surface area contributed by atoms with E-state index in [4.69, 9.17) is 11.5 Å². The number of nitrogens with one attached hydrogen (secondary N) is 2. The second-order valence-corrected chi connectivity index (χ2v) is 8.88. The van der Waals surface area contributed by atoms with Gasteiger partial charge in [0.05, 0.1) is 11.4 Å². The molecule has 35 heavy (non-hydrogen) atoms. The summed E-state index contributed by atoms with van der Waals surface area (Å²) in [4.78, 5) is 30.5. The summed E-state index contributed by atoms with van der Waals surface area (Å²) in [6.45, 7) is 1.96. The van der Waals surface area contributed by atoms with Crippen LogP contribution in [0, 0.1) is 18.3 Å². The van der Waals surface area contributed by atoms with Crippen molar-refractivity contribution in [2.75, 3.05) is 16.8 Å². The summed E-state index contributed by atoms with van der Waals surface area (Å²) in [5.74, 6) is -0.239. The van der Waals surface area contributed by atoms with Gasteiger partial charge in [-0.15, -0.1) is 11.3 Å². The zero-order chi connectivity index (χ0) is 24.7. The Kier molecular flexibility index (Phi) is 5.31. The number of aromatic nitrogens is 3. The van der Waals surface area contributed by atoms with E-state index in [-0.39, 0.29) is 33.3 Å². The first kappa shape index (κ1) is 21.9. The Hall–Kier alpha value is -4.88. The van der Waals surface area contributed by atoms with E-state index in [0.717, 1.165) is 22.5 Å². The highest BCUT2D eigenvalue weighted by atomic mass is 32.1. The first-order valence-electron chi connectivity index (χ1n) is 10.5. The molecular weight excluding hydrogens is 462 g/mol. The molecule has 1 amide bonds. The molecule has 3 aromatic heterocycles. The minimum absolute atomic E-state index is 0.0630. The Morgan fingerprint density at radius 3 is 2.54 bits per heavy atom. The zero-order valence-corrected chi connectivity index (χ0v) is 19.3. The molecule has 6 N–H and O–H groups in total. The molecule has 0 radical (unpaired) electrons. The highest BCUT2D eigenvalue weighted by Gasteiger charge is 2.24. The van der Waals surface area contributed by atoms with Gasteiger partial charge in [0, 0.05) is 17.0 Å². The fourth-order valence-corrected chi connectivity index (χ4v) is 4.88. The van der Waals surface area contributed by atoms with Crippen molar-refractivity contribution >= 4 is 44.8 Å². The minimum atomic E-state index is -0.515. The number of aromatic amines is 1. The molecule has 0 aliphatic rings. The number of H-pyrrole nitrogens is 1. The first-order valence-corrected chi connectivity index (χ1v) is 11.4. The van der Waals surface area contributed by atoms with E-state index >= 15 is 0 Å². The molecule has 9 nitrogen and oxygen atoms in total. The Morgan fingerprint density at radius 2 is 1.86 bits per heavy atom. The lowest BCUT2D eigenvalue weighted by atomic mass is 9.96. The summed E-state index contributed by atoms with van der Waals surface area (Å²) >= 11 is 1.07. The van der Waals surface area contributed by atoms with Gasteiger partial charge in [-0.25, -0.2) is 9.67 Å². The van der Waals surface area contributed by atoms with Crippen LogP contribution in [0.2, 0.25) is 0 Å². The number of aryl methyl sites for hydroxylation is 1. The number of anilines is 3. The van der Waals surface area contributed by atoms with Crippen molar-refractivity contribution in [3.63, 3.8) is 0 Å². The van der Waals surface area contributed by atoms with Gasteiger partial charge in [-0.1, -0.05) is 48.0 Å². The number of nitrogen functional groups attached to an aromatic ring is 2. The maximum Gasteiger partial charge on any atom is 0.273 e. The van der Waals surface area contributed by atoms with E-state index in [0.29, 0.717) is 21.5 Å². The minimum Gasteiger partial charge on any atom is -0.397 e. The molecule has 2 aromatic carbocycles. The summed E-state index contributed by atoms with van der Waals surface area (Å²) in [6, 6.07) is 20.0. The SMILES string of the molecule is Cc1ccc(-c2c(C#N)c(N)nc3sc(C(=O)Nc4cc(=O)n(-c5ccccc5)[nH]4)c(N)c23)cc1. The van der Waals surface area contributed by atoms with E-state index < -0.39 is 5.91 Å². The molecule has 0 bridgehead atoms. The van der Waals surface area contributed by atoms with Crippen LogP contribution in [0.25, 0.3) is 27.0 Å². The molecule has 0 saturated heterocycles. The van der Waals surface area contributed by atoms with Crippen LogP contribution in [-0.2, 0) is 0 Å². The lowest BCUT2D eigenvalue weighted by molar-refractivity contribution is 0.103. The molecule has 0 fully saturated rings. The maximum atomic E-state index is 13.2. The summed E-state index contributed by atoms with van der Waals surface area (Å²) in [7, 11) is 0. The van der Waals surface area contributed by atoms with E-state index in [9.17, 15) is 14.9 Å². The summed E-state index contributed by atoms with van der Waals surface area (Å²) < 4.78 is 1.32. The molecule has 10 heteroatoms. The quantitative estimate of drug-likeness (QED) is 0.304. The molecular formula is C25H19N7O2S. The Morgan fingerprint density at radius 1 is 1.14 bits per heavy atom. The topological polar surface area (TPSA) is 156 Å². The van der Waals surface area contributed by atoms with Gasteiger partial charge in [-0.2, -0.15) is 5.26 Å². The molecule has 5 aromatic rings. The Bertz CT molecular complexity index is 1690. The Balaban J connectivity index is 1.58. The number of nitrogens with zero attached hydrogens (tertiary/aromatic N) is 3. The number of amides is 1. The number of fused-ring (bicyclic) bond motifs is 1. The normalized spacial score (nSPS) is 10.9. The smallest absolute Gasteiger partial charge is 0.273 e. The average Bonchev–Trinajstić information content (AvgIpc) is 3.38. The highest BCUT2D eigenvalue weighted by molar-refractivity contribution is 7.21. The molecule has 0 unspecified atom stereocenters. The fraction of sp³-hybridized carbons (Fsp3) is 0.0400. The number of hydrogen-bond acceptors (Lipinski definition) is 7. The van der Waals surface area contributed by atoms with E-state index in [1.54, 1.807) is 24.3 Å². The highest BCUT2D eigenvalue weighted by Crippen LogP contribution is 2.42. The van der Waals surface area contributed by atoms with Crippen molar-refractivity contribution in [2.45, 2.75) is 6.92 Å². The van der Waals surface area contributed by atoms with E-state index in [2.05, 4.69) is 21.5 Å². The van der Waals surface area contributed by atoms with Crippen molar-refractivity contribution in [1.29, 1.82) is 5.26 Å². The number of carbonyl (C=O) groups is 1. The number of rotatable bonds is 4. The van der Waals surface area contributed by atoms with Crippen LogP contribution in [0.5, 0.6) is 0 Å². The summed E-state index contributed by atoms with van der Waals surface area (Å²) in [5, 5.41) is 15.8. The second kappa shape index (κ2) is 8.48. The van der Waals surface area contributed by atoms with Crippen LogP contribution in [-0.4, -0.2) is 20.7 Å². The second-order valence-electron chi connectivity index (χ2n) is 7.88. The largest absolute Gasteiger partial charge is 0.397 e. The van der Waals surface area contributed by atoms with E-state index in [1.807, 2.05) is 37.3 Å². The number of nitrogens with two attached hydrogens (primary N) is 2. The maximum absolute atomic E-state index is 13.2. The molecule has 0 spiro atoms. The van der Waals surface area contributed by atoms with Gasteiger partial charge in [0.2, 0.25) is 0 Å². The molecule has 172 valence electrons. The van der Waals surface area contributed by atoms with Gasteiger partial charge < -0.3 is 16.8 Å². The summed E-state index contributed by atoms with van der Waals surface area (Å²) in [6.07, 6.45) is 0. The third-order valence-electron chi connectivity index (χ3n) is 5.55. The van der Waals surface area contributed by atoms with Gasteiger partial charge in [-0.3, -0.25) is 14.7 Å². The third kappa shape index (κ3) is 3.80. The number of nitriles is 1. The number of hydrogen-bond donors (Lipinski definition) is 4. The van der Waals surface area contributed by atoms with Gasteiger partial charge in [0.15, 0.2) is 0 Å². The van der Waals surface area contributed by atoms with Gasteiger partial charge in [0.25, 0.3) is 11.5 Å². The zero-order valence-electron chi connectivity index (χ0n) is 18.5. The molecule has 0 atom stereocenters. The van der Waals surface area contributed by atoms with Crippen molar-refractivity contribution in [2.24, 2.45) is 0 Å². The Labute approximate surface area is 203 Å². The molecule has 5 rings (SSSR count). The van der Waals surface area contributed by atoms with Crippen LogP contribution in [0.15, 0.2) is 65.5 Å².